The molecule has 1 atom stereocenters. The Labute approximate surface area is 76.2 Å². The topological polar surface area (TPSA) is 93.1 Å². The molecule has 0 heterocycles. The molecule has 0 amide bonds. The predicted molar refractivity (Wildman–Crippen MR) is 40.7 cm³/mol. The molecule has 0 fully saturated rings. The standard InChI is InChI=1S/C5H7BrO6/c6-1-3(12-5(9)10)2-11-4(7)8/h3H,1-2H2,(H,7,8)(H,9,10). The number of alkyl halides is 1. The van der Waals surface area contributed by atoms with E-state index >= 15 is 0 Å². The Bertz CT molecular complexity index is 169. The number of carboxylic acid groups (broad SMARTS) is 2. The van der Waals surface area contributed by atoms with Crippen LogP contribution in [0.2, 0.25) is 0 Å². The average molecular weight is 243 g/mol. The van der Waals surface area contributed by atoms with E-state index in [2.05, 4.69) is 25.4 Å². The zero-order valence-electron chi connectivity index (χ0n) is 5.90. The summed E-state index contributed by atoms with van der Waals surface area (Å²) in [5.41, 5.74) is 0. The van der Waals surface area contributed by atoms with Crippen molar-refractivity contribution in [1.29, 1.82) is 0 Å². The first-order valence-corrected chi connectivity index (χ1v) is 3.99. The first kappa shape index (κ1) is 11.0. The van der Waals surface area contributed by atoms with Gasteiger partial charge in [-0.05, 0) is 0 Å². The lowest BCUT2D eigenvalue weighted by Crippen LogP contribution is -2.25. The minimum atomic E-state index is -1.46. The van der Waals surface area contributed by atoms with E-state index in [1.807, 2.05) is 0 Å². The highest BCUT2D eigenvalue weighted by molar-refractivity contribution is 9.09. The second kappa shape index (κ2) is 5.64. The summed E-state index contributed by atoms with van der Waals surface area (Å²) in [4.78, 5) is 19.8. The fourth-order valence-electron chi connectivity index (χ4n) is 0.417. The third-order valence-corrected chi connectivity index (χ3v) is 1.55. The maximum absolute atomic E-state index is 9.97. The molecule has 0 aliphatic rings. The van der Waals surface area contributed by atoms with Gasteiger partial charge in [0.25, 0.3) is 0 Å². The van der Waals surface area contributed by atoms with Gasteiger partial charge in [-0.1, -0.05) is 15.9 Å². The van der Waals surface area contributed by atoms with Crippen LogP contribution in [0, 0.1) is 0 Å². The van der Waals surface area contributed by atoms with E-state index in [4.69, 9.17) is 10.2 Å². The van der Waals surface area contributed by atoms with E-state index in [0.717, 1.165) is 0 Å². The van der Waals surface area contributed by atoms with Crippen molar-refractivity contribution in [1.82, 2.24) is 0 Å². The van der Waals surface area contributed by atoms with Crippen LogP contribution < -0.4 is 0 Å². The molecule has 0 aromatic heterocycles. The molecule has 70 valence electrons. The van der Waals surface area contributed by atoms with Crippen molar-refractivity contribution < 1.29 is 29.3 Å². The summed E-state index contributed by atoms with van der Waals surface area (Å²) in [5, 5.41) is 16.4. The molecule has 0 radical (unpaired) electrons. The van der Waals surface area contributed by atoms with Gasteiger partial charge in [0.15, 0.2) is 0 Å². The lowest BCUT2D eigenvalue weighted by Gasteiger charge is -2.11. The molecule has 0 saturated heterocycles. The van der Waals surface area contributed by atoms with Crippen LogP contribution in [0.25, 0.3) is 0 Å². The maximum Gasteiger partial charge on any atom is 0.506 e. The van der Waals surface area contributed by atoms with Gasteiger partial charge in [0, 0.05) is 5.33 Å². The molecule has 12 heavy (non-hydrogen) atoms. The van der Waals surface area contributed by atoms with E-state index in [9.17, 15) is 9.59 Å². The summed E-state index contributed by atoms with van der Waals surface area (Å²) in [7, 11) is 0. The SMILES string of the molecule is O=C(O)OCC(CBr)OC(=O)O. The first-order valence-electron chi connectivity index (χ1n) is 2.87. The summed E-state index contributed by atoms with van der Waals surface area (Å²) in [5.74, 6) is 0. The normalized spacial score (nSPS) is 11.8. The summed E-state index contributed by atoms with van der Waals surface area (Å²) in [6, 6.07) is 0. The Morgan fingerprint density at radius 3 is 2.25 bits per heavy atom. The molecule has 7 heteroatoms. The average Bonchev–Trinajstić information content (AvgIpc) is 1.97. The minimum absolute atomic E-state index is 0.187. The molecule has 1 unspecified atom stereocenters. The molecule has 0 bridgehead atoms. The Balaban J connectivity index is 3.67. The van der Waals surface area contributed by atoms with Gasteiger partial charge in [0.1, 0.15) is 12.7 Å². The Kier molecular flexibility index (Phi) is 5.18. The molecule has 6 nitrogen and oxygen atoms in total. The van der Waals surface area contributed by atoms with Crippen molar-refractivity contribution in [2.24, 2.45) is 0 Å². The molecule has 0 rings (SSSR count). The fourth-order valence-corrected chi connectivity index (χ4v) is 0.736. The first-order chi connectivity index (χ1) is 5.56. The number of hydrogen-bond donors (Lipinski definition) is 2. The minimum Gasteiger partial charge on any atom is -0.450 e. The zero-order valence-corrected chi connectivity index (χ0v) is 7.48. The van der Waals surface area contributed by atoms with Crippen LogP contribution in [-0.2, 0) is 9.47 Å². The van der Waals surface area contributed by atoms with Gasteiger partial charge >= 0.3 is 12.3 Å². The number of halogens is 1. The van der Waals surface area contributed by atoms with E-state index in [-0.39, 0.29) is 11.9 Å². The lowest BCUT2D eigenvalue weighted by atomic mass is 10.4. The number of carbonyl (C=O) groups is 2. The molecule has 0 aromatic carbocycles. The zero-order chi connectivity index (χ0) is 9.56. The van der Waals surface area contributed by atoms with Crippen molar-refractivity contribution in [3.05, 3.63) is 0 Å². The van der Waals surface area contributed by atoms with Crippen LogP contribution in [-0.4, -0.2) is 40.6 Å². The monoisotopic (exact) mass is 242 g/mol. The van der Waals surface area contributed by atoms with Crippen molar-refractivity contribution >= 4 is 28.2 Å². The van der Waals surface area contributed by atoms with Gasteiger partial charge in [0.05, 0.1) is 0 Å². The summed E-state index contributed by atoms with van der Waals surface area (Å²) < 4.78 is 8.33. The van der Waals surface area contributed by atoms with Gasteiger partial charge < -0.3 is 19.7 Å². The van der Waals surface area contributed by atoms with Gasteiger partial charge in [-0.15, -0.1) is 0 Å². The molecule has 0 aliphatic carbocycles. The van der Waals surface area contributed by atoms with Crippen molar-refractivity contribution in [3.8, 4) is 0 Å². The number of ether oxygens (including phenoxy) is 2. The van der Waals surface area contributed by atoms with Crippen LogP contribution in [0.4, 0.5) is 9.59 Å². The fraction of sp³-hybridized carbons (Fsp3) is 0.600. The highest BCUT2D eigenvalue weighted by Gasteiger charge is 2.14. The van der Waals surface area contributed by atoms with E-state index in [1.54, 1.807) is 0 Å². The van der Waals surface area contributed by atoms with Gasteiger partial charge in [-0.25, -0.2) is 9.59 Å². The second-order valence-electron chi connectivity index (χ2n) is 1.74. The Morgan fingerprint density at radius 1 is 1.33 bits per heavy atom. The molecule has 0 saturated carbocycles. The van der Waals surface area contributed by atoms with E-state index in [0.29, 0.717) is 0 Å². The third kappa shape index (κ3) is 5.78. The summed E-state index contributed by atoms with van der Waals surface area (Å²) in [6.45, 7) is -0.313. The number of rotatable bonds is 4. The van der Waals surface area contributed by atoms with Crippen LogP contribution >= 0.6 is 15.9 Å². The predicted octanol–water partition coefficient (Wildman–Crippen LogP) is 1.14. The van der Waals surface area contributed by atoms with Crippen molar-refractivity contribution in [2.45, 2.75) is 6.10 Å². The highest BCUT2D eigenvalue weighted by Crippen LogP contribution is 1.99. The van der Waals surface area contributed by atoms with Crippen LogP contribution in [0.5, 0.6) is 0 Å². The molecule has 2 N–H and O–H groups in total. The molecule has 0 aromatic rings. The van der Waals surface area contributed by atoms with Crippen molar-refractivity contribution in [3.63, 3.8) is 0 Å². The van der Waals surface area contributed by atoms with E-state index < -0.39 is 18.4 Å². The smallest absolute Gasteiger partial charge is 0.450 e. The molecular formula is C5H7BrO6. The van der Waals surface area contributed by atoms with Gasteiger partial charge in [-0.3, -0.25) is 0 Å². The van der Waals surface area contributed by atoms with Crippen molar-refractivity contribution in [2.75, 3.05) is 11.9 Å². The van der Waals surface area contributed by atoms with E-state index in [1.165, 1.54) is 0 Å². The Hall–Kier alpha value is -0.980. The Morgan fingerprint density at radius 2 is 1.92 bits per heavy atom. The van der Waals surface area contributed by atoms with Crippen LogP contribution in [0.15, 0.2) is 0 Å². The quantitative estimate of drug-likeness (QED) is 0.568. The molecule has 0 aliphatic heterocycles. The van der Waals surface area contributed by atoms with Gasteiger partial charge in [-0.2, -0.15) is 0 Å². The third-order valence-electron chi connectivity index (χ3n) is 0.832. The summed E-state index contributed by atoms with van der Waals surface area (Å²) in [6.07, 6.45) is -3.73. The van der Waals surface area contributed by atoms with Crippen LogP contribution in [0.1, 0.15) is 0 Å². The maximum atomic E-state index is 9.97. The van der Waals surface area contributed by atoms with Crippen LogP contribution in [0.3, 0.4) is 0 Å². The van der Waals surface area contributed by atoms with Gasteiger partial charge in [0.2, 0.25) is 0 Å². The highest BCUT2D eigenvalue weighted by atomic mass is 79.9. The molecular weight excluding hydrogens is 236 g/mol. The summed E-state index contributed by atoms with van der Waals surface area (Å²) >= 11 is 2.93. The second-order valence-corrected chi connectivity index (χ2v) is 2.38. The number of hydrogen-bond acceptors (Lipinski definition) is 4. The largest absolute Gasteiger partial charge is 0.506 e. The lowest BCUT2D eigenvalue weighted by molar-refractivity contribution is 0.0144. The molecule has 0 spiro atoms.